The normalized spacial score (nSPS) is 23.1. The van der Waals surface area contributed by atoms with E-state index in [1.54, 1.807) is 6.92 Å². The van der Waals surface area contributed by atoms with Crippen LogP contribution in [0.1, 0.15) is 17.9 Å². The van der Waals surface area contributed by atoms with Crippen LogP contribution in [0, 0.1) is 5.92 Å². The molecule has 1 heterocycles. The molecule has 1 amide bonds. The summed E-state index contributed by atoms with van der Waals surface area (Å²) >= 11 is 9.01. The molecule has 1 fully saturated rings. The maximum absolute atomic E-state index is 12.5. The van der Waals surface area contributed by atoms with Crippen molar-refractivity contribution in [1.29, 1.82) is 0 Å². The van der Waals surface area contributed by atoms with Gasteiger partial charge in [0.25, 0.3) is 0 Å². The van der Waals surface area contributed by atoms with Crippen LogP contribution in [0.3, 0.4) is 0 Å². The van der Waals surface area contributed by atoms with Gasteiger partial charge in [-0.05, 0) is 17.7 Å². The van der Waals surface area contributed by atoms with Crippen LogP contribution in [0.2, 0.25) is 0 Å². The van der Waals surface area contributed by atoms with E-state index in [-0.39, 0.29) is 17.2 Å². The summed E-state index contributed by atoms with van der Waals surface area (Å²) < 4.78 is 0.950. The second kappa shape index (κ2) is 7.07. The highest BCUT2D eigenvalue weighted by Crippen LogP contribution is 2.42. The van der Waals surface area contributed by atoms with Crippen LogP contribution in [0.4, 0.5) is 0 Å². The van der Waals surface area contributed by atoms with Gasteiger partial charge >= 0.3 is 5.97 Å². The van der Waals surface area contributed by atoms with E-state index in [1.807, 2.05) is 24.3 Å². The second-order valence-corrected chi connectivity index (χ2v) is 7.31. The highest BCUT2D eigenvalue weighted by molar-refractivity contribution is 9.10. The van der Waals surface area contributed by atoms with Crippen molar-refractivity contribution in [2.75, 3.05) is 11.5 Å². The molecule has 114 valence electrons. The Labute approximate surface area is 141 Å². The monoisotopic (exact) mass is 389 g/mol. The minimum Gasteiger partial charge on any atom is -0.480 e. The van der Waals surface area contributed by atoms with E-state index in [0.717, 1.165) is 10.0 Å². The van der Waals surface area contributed by atoms with Crippen LogP contribution in [0.15, 0.2) is 28.7 Å². The van der Waals surface area contributed by atoms with Gasteiger partial charge in [-0.3, -0.25) is 4.79 Å². The number of nitrogens with zero attached hydrogens (tertiary/aromatic N) is 1. The van der Waals surface area contributed by atoms with Crippen molar-refractivity contribution in [2.24, 2.45) is 5.92 Å². The Bertz CT molecular complexity index is 538. The van der Waals surface area contributed by atoms with Gasteiger partial charge in [-0.2, -0.15) is 12.6 Å². The van der Waals surface area contributed by atoms with Crippen LogP contribution < -0.4 is 0 Å². The molecule has 3 atom stereocenters. The Morgan fingerprint density at radius 1 is 1.48 bits per heavy atom. The van der Waals surface area contributed by atoms with Crippen LogP contribution in [-0.2, 0) is 9.59 Å². The molecular formula is C14H16BrNO3S2. The zero-order chi connectivity index (χ0) is 15.6. The summed E-state index contributed by atoms with van der Waals surface area (Å²) in [7, 11) is 0. The number of thioether (sulfide) groups is 1. The standard InChI is InChI=1S/C14H16BrNO3S2/c1-8(6-20)12(17)16-11(14(18)19)7-21-13(16)9-2-4-10(15)5-3-9/h2-5,8,11,13,20H,6-7H2,1H3,(H,18,19)/t8?,11-,13?/m0/s1. The van der Waals surface area contributed by atoms with Crippen LogP contribution in [-0.4, -0.2) is 39.4 Å². The largest absolute Gasteiger partial charge is 0.480 e. The number of thiol groups is 1. The lowest BCUT2D eigenvalue weighted by molar-refractivity contribution is -0.150. The molecule has 0 bridgehead atoms. The van der Waals surface area contributed by atoms with Gasteiger partial charge < -0.3 is 10.0 Å². The van der Waals surface area contributed by atoms with E-state index < -0.39 is 12.0 Å². The molecular weight excluding hydrogens is 374 g/mol. The summed E-state index contributed by atoms with van der Waals surface area (Å²) in [6.45, 7) is 1.77. The molecule has 7 heteroatoms. The van der Waals surface area contributed by atoms with Gasteiger partial charge in [-0.15, -0.1) is 11.8 Å². The minimum absolute atomic E-state index is 0.157. The molecule has 2 rings (SSSR count). The smallest absolute Gasteiger partial charge is 0.327 e. The van der Waals surface area contributed by atoms with E-state index >= 15 is 0 Å². The topological polar surface area (TPSA) is 57.6 Å². The van der Waals surface area contributed by atoms with Gasteiger partial charge in [0.15, 0.2) is 0 Å². The predicted molar refractivity (Wildman–Crippen MR) is 90.6 cm³/mol. The van der Waals surface area contributed by atoms with Gasteiger partial charge in [0.2, 0.25) is 5.91 Å². The molecule has 1 aliphatic rings. The average Bonchev–Trinajstić information content (AvgIpc) is 2.91. The zero-order valence-electron chi connectivity index (χ0n) is 11.4. The number of hydrogen-bond donors (Lipinski definition) is 2. The number of carbonyl (C=O) groups is 2. The lowest BCUT2D eigenvalue weighted by atomic mass is 10.1. The number of halogens is 1. The number of carboxylic acids is 1. The lowest BCUT2D eigenvalue weighted by Crippen LogP contribution is -2.45. The first-order valence-corrected chi connectivity index (χ1v) is 8.96. The third kappa shape index (κ3) is 3.57. The van der Waals surface area contributed by atoms with Gasteiger partial charge in [-0.25, -0.2) is 4.79 Å². The van der Waals surface area contributed by atoms with Crippen molar-refractivity contribution in [3.63, 3.8) is 0 Å². The lowest BCUT2D eigenvalue weighted by Gasteiger charge is -2.29. The van der Waals surface area contributed by atoms with Crippen molar-refractivity contribution in [2.45, 2.75) is 18.3 Å². The molecule has 21 heavy (non-hydrogen) atoms. The maximum atomic E-state index is 12.5. The Kier molecular flexibility index (Phi) is 5.62. The van der Waals surface area contributed by atoms with Crippen molar-refractivity contribution in [3.8, 4) is 0 Å². The molecule has 1 N–H and O–H groups in total. The number of amides is 1. The minimum atomic E-state index is -0.957. The maximum Gasteiger partial charge on any atom is 0.327 e. The highest BCUT2D eigenvalue weighted by Gasteiger charge is 2.43. The fraction of sp³-hybridized carbons (Fsp3) is 0.429. The number of aliphatic carboxylic acids is 1. The fourth-order valence-corrected chi connectivity index (χ4v) is 4.03. The molecule has 1 aromatic carbocycles. The Morgan fingerprint density at radius 2 is 2.10 bits per heavy atom. The molecule has 1 saturated heterocycles. The summed E-state index contributed by atoms with van der Waals surface area (Å²) in [5.74, 6) is -0.607. The number of hydrogen-bond acceptors (Lipinski definition) is 4. The summed E-state index contributed by atoms with van der Waals surface area (Å²) in [6, 6.07) is 6.84. The molecule has 0 radical (unpaired) electrons. The first-order valence-electron chi connectivity index (χ1n) is 6.48. The SMILES string of the molecule is CC(CS)C(=O)N1C(c2ccc(Br)cc2)SC[C@H]1C(=O)O. The first-order chi connectivity index (χ1) is 9.95. The van der Waals surface area contributed by atoms with E-state index in [9.17, 15) is 14.7 Å². The van der Waals surface area contributed by atoms with Crippen molar-refractivity contribution < 1.29 is 14.7 Å². The molecule has 0 aliphatic carbocycles. The highest BCUT2D eigenvalue weighted by atomic mass is 79.9. The Balaban J connectivity index is 2.33. The number of carbonyl (C=O) groups excluding carboxylic acids is 1. The zero-order valence-corrected chi connectivity index (χ0v) is 14.7. The second-order valence-electron chi connectivity index (χ2n) is 4.92. The van der Waals surface area contributed by atoms with Crippen molar-refractivity contribution in [1.82, 2.24) is 4.90 Å². The third-order valence-electron chi connectivity index (χ3n) is 3.39. The Hall–Kier alpha value is -0.660. The molecule has 0 aromatic heterocycles. The molecule has 2 unspecified atom stereocenters. The van der Waals surface area contributed by atoms with Gasteiger partial charge in [0, 0.05) is 21.9 Å². The van der Waals surface area contributed by atoms with Gasteiger partial charge in [0.1, 0.15) is 11.4 Å². The summed E-state index contributed by atoms with van der Waals surface area (Å²) in [5.41, 5.74) is 0.937. The summed E-state index contributed by atoms with van der Waals surface area (Å²) in [5, 5.41) is 9.11. The third-order valence-corrected chi connectivity index (χ3v) is 5.79. The van der Waals surface area contributed by atoms with Crippen LogP contribution in [0.25, 0.3) is 0 Å². The Morgan fingerprint density at radius 3 is 2.62 bits per heavy atom. The van der Waals surface area contributed by atoms with E-state index in [1.165, 1.54) is 16.7 Å². The summed E-state index contributed by atoms with van der Waals surface area (Å²) in [6.07, 6.45) is 0. The van der Waals surface area contributed by atoms with Gasteiger partial charge in [0.05, 0.1) is 0 Å². The number of benzene rings is 1. The van der Waals surface area contributed by atoms with Crippen molar-refractivity contribution in [3.05, 3.63) is 34.3 Å². The first kappa shape index (κ1) is 16.7. The molecule has 1 aliphatic heterocycles. The molecule has 0 saturated carbocycles. The van der Waals surface area contributed by atoms with E-state index in [0.29, 0.717) is 11.5 Å². The summed E-state index contributed by atoms with van der Waals surface area (Å²) in [4.78, 5) is 25.5. The van der Waals surface area contributed by atoms with Crippen LogP contribution in [0.5, 0.6) is 0 Å². The molecule has 1 aromatic rings. The fourth-order valence-electron chi connectivity index (χ4n) is 2.18. The molecule has 0 spiro atoms. The van der Waals surface area contributed by atoms with E-state index in [4.69, 9.17) is 0 Å². The number of rotatable bonds is 4. The molecule has 4 nitrogen and oxygen atoms in total. The van der Waals surface area contributed by atoms with Gasteiger partial charge in [-0.1, -0.05) is 35.0 Å². The number of carboxylic acid groups (broad SMARTS) is 1. The predicted octanol–water partition coefficient (Wildman–Crippen LogP) is 3.04. The van der Waals surface area contributed by atoms with Crippen LogP contribution >= 0.6 is 40.3 Å². The van der Waals surface area contributed by atoms with E-state index in [2.05, 4.69) is 28.6 Å². The quantitative estimate of drug-likeness (QED) is 0.776. The average molecular weight is 390 g/mol. The van der Waals surface area contributed by atoms with Crippen molar-refractivity contribution >= 4 is 52.2 Å².